The fourth-order valence-electron chi connectivity index (χ4n) is 2.10. The maximum absolute atomic E-state index is 10.4. The maximum Gasteiger partial charge on any atom is 0.0953 e. The van der Waals surface area contributed by atoms with Crippen LogP contribution in [0.4, 0.5) is 0 Å². The van der Waals surface area contributed by atoms with E-state index in [-0.39, 0.29) is 0 Å². The molecule has 1 saturated heterocycles. The lowest BCUT2D eigenvalue weighted by molar-refractivity contribution is 0.0176. The van der Waals surface area contributed by atoms with Crippen molar-refractivity contribution in [3.8, 4) is 0 Å². The molecule has 0 aliphatic carbocycles. The minimum absolute atomic E-state index is 0.484. The highest BCUT2D eigenvalue weighted by atomic mass is 32.1. The van der Waals surface area contributed by atoms with Crippen molar-refractivity contribution in [1.82, 2.24) is 10.3 Å². The highest BCUT2D eigenvalue weighted by Crippen LogP contribution is 2.27. The van der Waals surface area contributed by atoms with E-state index >= 15 is 0 Å². The quantitative estimate of drug-likeness (QED) is 0.848. The van der Waals surface area contributed by atoms with Crippen molar-refractivity contribution in [2.75, 3.05) is 13.1 Å². The van der Waals surface area contributed by atoms with Gasteiger partial charge < -0.3 is 10.4 Å². The molecule has 90 valence electrons. The first-order valence-electron chi connectivity index (χ1n) is 5.97. The predicted molar refractivity (Wildman–Crippen MR) is 67.0 cm³/mol. The molecule has 2 rings (SSSR count). The standard InChI is InChI=1S/C12H20N2OS/c1-9(2)11-14-7-10(16-11)6-12(15)4-3-5-13-8-12/h7,9,13,15H,3-6,8H2,1-2H3. The van der Waals surface area contributed by atoms with Crippen LogP contribution in [-0.2, 0) is 6.42 Å². The zero-order valence-corrected chi connectivity index (χ0v) is 10.8. The summed E-state index contributed by atoms with van der Waals surface area (Å²) in [5, 5.41) is 14.8. The molecule has 1 fully saturated rings. The summed E-state index contributed by atoms with van der Waals surface area (Å²) >= 11 is 1.73. The summed E-state index contributed by atoms with van der Waals surface area (Å²) < 4.78 is 0. The van der Waals surface area contributed by atoms with Crippen LogP contribution >= 0.6 is 11.3 Å². The number of rotatable bonds is 3. The molecule has 0 amide bonds. The second kappa shape index (κ2) is 4.82. The summed E-state index contributed by atoms with van der Waals surface area (Å²) in [4.78, 5) is 5.60. The lowest BCUT2D eigenvalue weighted by Gasteiger charge is -2.32. The average Bonchev–Trinajstić information content (AvgIpc) is 2.66. The molecule has 1 aromatic heterocycles. The number of aromatic nitrogens is 1. The second-order valence-electron chi connectivity index (χ2n) is 5.00. The van der Waals surface area contributed by atoms with Gasteiger partial charge in [-0.05, 0) is 19.4 Å². The molecule has 3 nitrogen and oxygen atoms in total. The third-order valence-corrected chi connectivity index (χ3v) is 4.32. The molecular formula is C12H20N2OS. The van der Waals surface area contributed by atoms with E-state index in [9.17, 15) is 5.11 Å². The van der Waals surface area contributed by atoms with E-state index in [1.807, 2.05) is 6.20 Å². The highest BCUT2D eigenvalue weighted by Gasteiger charge is 2.30. The number of hydrogen-bond acceptors (Lipinski definition) is 4. The first kappa shape index (κ1) is 12.0. The van der Waals surface area contributed by atoms with Gasteiger partial charge in [-0.25, -0.2) is 4.98 Å². The summed E-state index contributed by atoms with van der Waals surface area (Å²) in [7, 11) is 0. The largest absolute Gasteiger partial charge is 0.388 e. The van der Waals surface area contributed by atoms with E-state index in [0.717, 1.165) is 25.8 Å². The lowest BCUT2D eigenvalue weighted by atomic mass is 9.90. The number of nitrogens with zero attached hydrogens (tertiary/aromatic N) is 1. The molecule has 0 radical (unpaired) electrons. The molecule has 4 heteroatoms. The van der Waals surface area contributed by atoms with E-state index < -0.39 is 5.60 Å². The average molecular weight is 240 g/mol. The summed E-state index contributed by atoms with van der Waals surface area (Å²) in [5.74, 6) is 0.484. The van der Waals surface area contributed by atoms with Crippen LogP contribution in [0, 0.1) is 0 Å². The molecule has 1 aliphatic rings. The lowest BCUT2D eigenvalue weighted by Crippen LogP contribution is -2.46. The Hall–Kier alpha value is -0.450. The van der Waals surface area contributed by atoms with E-state index in [1.165, 1.54) is 9.88 Å². The van der Waals surface area contributed by atoms with Gasteiger partial charge in [0.25, 0.3) is 0 Å². The van der Waals surface area contributed by atoms with Crippen molar-refractivity contribution in [2.24, 2.45) is 0 Å². The monoisotopic (exact) mass is 240 g/mol. The zero-order valence-electron chi connectivity index (χ0n) is 9.99. The van der Waals surface area contributed by atoms with Crippen molar-refractivity contribution >= 4 is 11.3 Å². The summed E-state index contributed by atoms with van der Waals surface area (Å²) in [6.45, 7) is 6.04. The summed E-state index contributed by atoms with van der Waals surface area (Å²) in [5.41, 5.74) is -0.557. The molecule has 2 heterocycles. The fourth-order valence-corrected chi connectivity index (χ4v) is 3.15. The highest BCUT2D eigenvalue weighted by molar-refractivity contribution is 7.11. The van der Waals surface area contributed by atoms with Gasteiger partial charge in [0.05, 0.1) is 10.6 Å². The Bertz CT molecular complexity index is 343. The fraction of sp³-hybridized carbons (Fsp3) is 0.750. The van der Waals surface area contributed by atoms with Crippen molar-refractivity contribution in [1.29, 1.82) is 0 Å². The summed E-state index contributed by atoms with van der Waals surface area (Å²) in [6, 6.07) is 0. The number of thiazole rings is 1. The van der Waals surface area contributed by atoms with Gasteiger partial charge in [0.1, 0.15) is 0 Å². The van der Waals surface area contributed by atoms with Crippen LogP contribution in [0.2, 0.25) is 0 Å². The molecule has 16 heavy (non-hydrogen) atoms. The molecule has 0 bridgehead atoms. The van der Waals surface area contributed by atoms with E-state index in [0.29, 0.717) is 12.5 Å². The van der Waals surface area contributed by atoms with Crippen LogP contribution in [0.15, 0.2) is 6.20 Å². The SMILES string of the molecule is CC(C)c1ncc(CC2(O)CCCNC2)s1. The molecule has 1 unspecified atom stereocenters. The van der Waals surface area contributed by atoms with Crippen molar-refractivity contribution in [3.63, 3.8) is 0 Å². The Morgan fingerprint density at radius 1 is 1.62 bits per heavy atom. The van der Waals surface area contributed by atoms with E-state index in [4.69, 9.17) is 0 Å². The Kier molecular flexibility index (Phi) is 3.62. The van der Waals surface area contributed by atoms with Crippen molar-refractivity contribution < 1.29 is 5.11 Å². The minimum Gasteiger partial charge on any atom is -0.388 e. The van der Waals surface area contributed by atoms with Gasteiger partial charge in [-0.1, -0.05) is 13.8 Å². The Labute approximate surface area is 101 Å². The van der Waals surface area contributed by atoms with Crippen LogP contribution in [0.25, 0.3) is 0 Å². The van der Waals surface area contributed by atoms with Crippen molar-refractivity contribution in [3.05, 3.63) is 16.1 Å². The van der Waals surface area contributed by atoms with Crippen LogP contribution in [0.5, 0.6) is 0 Å². The van der Waals surface area contributed by atoms with Gasteiger partial charge in [-0.2, -0.15) is 0 Å². The molecule has 1 aromatic rings. The van der Waals surface area contributed by atoms with Crippen LogP contribution in [-0.4, -0.2) is 28.8 Å². The molecular weight excluding hydrogens is 220 g/mol. The Balaban J connectivity index is 2.02. The van der Waals surface area contributed by atoms with Gasteiger partial charge >= 0.3 is 0 Å². The van der Waals surface area contributed by atoms with Crippen LogP contribution in [0.1, 0.15) is 42.5 Å². The zero-order chi connectivity index (χ0) is 11.6. The van der Waals surface area contributed by atoms with E-state index in [1.54, 1.807) is 11.3 Å². The third-order valence-electron chi connectivity index (χ3n) is 3.02. The molecule has 0 saturated carbocycles. The smallest absolute Gasteiger partial charge is 0.0953 e. The topological polar surface area (TPSA) is 45.2 Å². The van der Waals surface area contributed by atoms with Gasteiger partial charge in [-0.3, -0.25) is 0 Å². The number of nitrogens with one attached hydrogen (secondary N) is 1. The molecule has 0 aromatic carbocycles. The molecule has 1 aliphatic heterocycles. The van der Waals surface area contributed by atoms with Gasteiger partial charge in [0.2, 0.25) is 0 Å². The number of β-amino-alcohol motifs (C(OH)–C–C–N with tert-alkyl or cyclic N) is 1. The normalized spacial score (nSPS) is 26.2. The Morgan fingerprint density at radius 2 is 2.44 bits per heavy atom. The third kappa shape index (κ3) is 2.81. The molecule has 2 N–H and O–H groups in total. The van der Waals surface area contributed by atoms with Gasteiger partial charge in [0.15, 0.2) is 0 Å². The van der Waals surface area contributed by atoms with Crippen molar-refractivity contribution in [2.45, 2.75) is 44.6 Å². The number of piperidine rings is 1. The first-order chi connectivity index (χ1) is 7.59. The van der Waals surface area contributed by atoms with Gasteiger partial charge in [0, 0.05) is 30.0 Å². The van der Waals surface area contributed by atoms with Gasteiger partial charge in [-0.15, -0.1) is 11.3 Å². The molecule has 0 spiro atoms. The van der Waals surface area contributed by atoms with Crippen LogP contribution < -0.4 is 5.32 Å². The number of hydrogen-bond donors (Lipinski definition) is 2. The summed E-state index contributed by atoms with van der Waals surface area (Å²) in [6.07, 6.45) is 4.62. The predicted octanol–water partition coefficient (Wildman–Crippen LogP) is 1.92. The first-order valence-corrected chi connectivity index (χ1v) is 6.78. The maximum atomic E-state index is 10.4. The van der Waals surface area contributed by atoms with Crippen LogP contribution in [0.3, 0.4) is 0 Å². The number of aliphatic hydroxyl groups is 1. The molecule has 1 atom stereocenters. The Morgan fingerprint density at radius 3 is 3.00 bits per heavy atom. The second-order valence-corrected chi connectivity index (χ2v) is 6.15. The van der Waals surface area contributed by atoms with E-state index in [2.05, 4.69) is 24.1 Å². The minimum atomic E-state index is -0.557.